The Hall–Kier alpha value is 4.31. The Morgan fingerprint density at radius 2 is 0.719 bits per heavy atom. The number of aliphatic hydroxyl groups is 3. The van der Waals surface area contributed by atoms with Gasteiger partial charge in [0.05, 0.1) is 27.5 Å². The molecule has 3 N–H and O–H groups in total. The number of phosphoric ester groups is 1. The predicted octanol–water partition coefficient (Wildman–Crippen LogP) is 8.69. The van der Waals surface area contributed by atoms with Crippen LogP contribution in [0.2, 0.25) is 0 Å². The van der Waals surface area contributed by atoms with E-state index in [1.165, 1.54) is 0 Å². The second-order valence-corrected chi connectivity index (χ2v) is 22.3. The van der Waals surface area contributed by atoms with Gasteiger partial charge in [0.25, 0.3) is 0 Å². The summed E-state index contributed by atoms with van der Waals surface area (Å²) in [7, 11) is -5.01. The maximum absolute atomic E-state index is 13.9. The van der Waals surface area contributed by atoms with Gasteiger partial charge in [-0.3, -0.25) is 0 Å². The molecule has 0 amide bonds. The largest absolute Gasteiger partial charge is 0.484 e. The molecule has 194 valence electrons. The second-order valence-electron chi connectivity index (χ2n) is 8.47. The highest BCUT2D eigenvalue weighted by atomic mass is 79.9. The zero-order chi connectivity index (χ0) is 26.4. The molecule has 0 saturated carbocycles. The van der Waals surface area contributed by atoms with Crippen LogP contribution in [-0.4, -0.2) is 40.6 Å². The Balaban J connectivity index is 6.59. The van der Waals surface area contributed by atoms with E-state index in [1.54, 1.807) is 41.5 Å². The average molecular weight is 1070 g/mol. The van der Waals surface area contributed by atoms with Gasteiger partial charge in [-0.25, -0.2) is 18.1 Å². The standard InChI is InChI=1S/C15H24Br9O7P/c1-10(2,7(16)17)13(22,25)29-32(28,30-14(23,26)11(3,4)8(18)19)31-15(24,27)12(5,6)9(20)21/h7-9,25-27H,1-6H3. The topological polar surface area (TPSA) is 105 Å². The van der Waals surface area contributed by atoms with Crippen molar-refractivity contribution < 1.29 is 33.5 Å². The lowest BCUT2D eigenvalue weighted by molar-refractivity contribution is -0.203. The van der Waals surface area contributed by atoms with Crippen LogP contribution in [0.1, 0.15) is 41.5 Å². The lowest BCUT2D eigenvalue weighted by atomic mass is 9.96. The molecule has 0 spiro atoms. The van der Waals surface area contributed by atoms with Crippen LogP contribution in [0.5, 0.6) is 0 Å². The van der Waals surface area contributed by atoms with Crippen LogP contribution >= 0.6 is 151 Å². The van der Waals surface area contributed by atoms with E-state index >= 15 is 0 Å². The van der Waals surface area contributed by atoms with Crippen molar-refractivity contribution in [2.75, 3.05) is 0 Å². The minimum absolute atomic E-state index is 0.539. The van der Waals surface area contributed by atoms with Crippen LogP contribution in [0.25, 0.3) is 0 Å². The molecule has 0 saturated heterocycles. The van der Waals surface area contributed by atoms with Crippen LogP contribution in [0, 0.1) is 16.2 Å². The minimum atomic E-state index is -5.01. The molecule has 0 rings (SSSR count). The SMILES string of the molecule is CC(C)(C(Br)Br)C(O)(Br)OP(=O)(OC(O)(Br)C(C)(C)C(Br)Br)OC(O)(Br)C(C)(C)C(Br)Br. The molecule has 32 heavy (non-hydrogen) atoms. The highest BCUT2D eigenvalue weighted by molar-refractivity contribution is 9.25. The van der Waals surface area contributed by atoms with Gasteiger partial charge in [0.2, 0.25) is 14.1 Å². The summed E-state index contributed by atoms with van der Waals surface area (Å²) in [4.78, 5) is 0. The van der Waals surface area contributed by atoms with Crippen molar-refractivity contribution >= 4 is 151 Å². The molecule has 3 atom stereocenters. The van der Waals surface area contributed by atoms with Crippen LogP contribution in [-0.2, 0) is 18.1 Å². The molecule has 0 aromatic carbocycles. The first kappa shape index (κ1) is 36.3. The Bertz CT molecular complexity index is 606. The summed E-state index contributed by atoms with van der Waals surface area (Å²) >= 11 is 28.9. The highest BCUT2D eigenvalue weighted by Gasteiger charge is 2.61. The van der Waals surface area contributed by atoms with Crippen molar-refractivity contribution in [1.29, 1.82) is 0 Å². The monoisotopic (exact) mass is 1060 g/mol. The summed E-state index contributed by atoms with van der Waals surface area (Å²) < 4.78 is 21.7. The quantitative estimate of drug-likeness (QED) is 0.102. The van der Waals surface area contributed by atoms with Crippen LogP contribution in [0.15, 0.2) is 0 Å². The van der Waals surface area contributed by atoms with E-state index in [4.69, 9.17) is 13.6 Å². The molecule has 3 unspecified atom stereocenters. The van der Waals surface area contributed by atoms with Crippen LogP contribution in [0.3, 0.4) is 0 Å². The average Bonchev–Trinajstić information content (AvgIpc) is 2.51. The Morgan fingerprint density at radius 3 is 0.844 bits per heavy atom. The fraction of sp³-hybridized carbons (Fsp3) is 1.00. The van der Waals surface area contributed by atoms with Crippen molar-refractivity contribution in [3.8, 4) is 0 Å². The molecule has 0 aromatic rings. The lowest BCUT2D eigenvalue weighted by Crippen LogP contribution is -2.50. The number of hydrogen-bond acceptors (Lipinski definition) is 7. The smallest absolute Gasteiger partial charge is 0.356 e. The Kier molecular flexibility index (Phi) is 13.9. The molecule has 0 heterocycles. The van der Waals surface area contributed by atoms with Crippen molar-refractivity contribution in [3.05, 3.63) is 0 Å². The van der Waals surface area contributed by atoms with Crippen molar-refractivity contribution in [2.45, 2.75) is 66.8 Å². The first-order valence-corrected chi connectivity index (χ1v) is 17.8. The first-order valence-electron chi connectivity index (χ1n) is 8.51. The van der Waals surface area contributed by atoms with Gasteiger partial charge in [0.1, 0.15) is 0 Å². The molecular weight excluding hydrogens is 1040 g/mol. The van der Waals surface area contributed by atoms with Crippen molar-refractivity contribution in [3.63, 3.8) is 0 Å². The van der Waals surface area contributed by atoms with Crippen LogP contribution in [0.4, 0.5) is 0 Å². The van der Waals surface area contributed by atoms with E-state index in [2.05, 4.69) is 143 Å². The van der Waals surface area contributed by atoms with Gasteiger partial charge in [-0.1, -0.05) is 137 Å². The molecule has 0 fully saturated rings. The summed E-state index contributed by atoms with van der Waals surface area (Å²) in [6.45, 7) is 9.47. The number of halogens is 9. The van der Waals surface area contributed by atoms with Crippen molar-refractivity contribution in [2.24, 2.45) is 16.2 Å². The van der Waals surface area contributed by atoms with Crippen molar-refractivity contribution in [1.82, 2.24) is 0 Å². The van der Waals surface area contributed by atoms with E-state index in [0.717, 1.165) is 0 Å². The minimum Gasteiger partial charge on any atom is -0.356 e. The van der Waals surface area contributed by atoms with Gasteiger partial charge in [0.15, 0.2) is 0 Å². The maximum Gasteiger partial charge on any atom is 0.484 e. The fourth-order valence-electron chi connectivity index (χ4n) is 1.26. The summed E-state index contributed by atoms with van der Waals surface area (Å²) in [6, 6.07) is 0. The van der Waals surface area contributed by atoms with Gasteiger partial charge in [-0.05, 0) is 47.8 Å². The van der Waals surface area contributed by atoms with E-state index in [-0.39, 0.29) is 0 Å². The second kappa shape index (κ2) is 12.2. The third-order valence-corrected chi connectivity index (χ3v) is 17.4. The van der Waals surface area contributed by atoms with E-state index in [1.807, 2.05) is 0 Å². The van der Waals surface area contributed by atoms with E-state index in [0.29, 0.717) is 0 Å². The Morgan fingerprint density at radius 1 is 0.562 bits per heavy atom. The number of hydrogen-bond donors (Lipinski definition) is 3. The molecule has 0 aromatic heterocycles. The third kappa shape index (κ3) is 8.40. The normalized spacial score (nSPS) is 21.9. The number of rotatable bonds is 12. The Labute approximate surface area is 264 Å². The number of phosphoric acid groups is 1. The van der Waals surface area contributed by atoms with Gasteiger partial charge < -0.3 is 15.3 Å². The molecule has 0 aliphatic heterocycles. The van der Waals surface area contributed by atoms with Gasteiger partial charge >= 0.3 is 7.82 Å². The molecular formula is C15H24Br9O7P. The molecule has 7 nitrogen and oxygen atoms in total. The fourth-order valence-corrected chi connectivity index (χ4v) is 8.95. The zero-order valence-corrected chi connectivity index (χ0v) is 32.7. The highest BCUT2D eigenvalue weighted by Crippen LogP contribution is 2.67. The predicted molar refractivity (Wildman–Crippen MR) is 159 cm³/mol. The summed E-state index contributed by atoms with van der Waals surface area (Å²) in [5.74, 6) is 0. The molecule has 0 radical (unpaired) electrons. The summed E-state index contributed by atoms with van der Waals surface area (Å²) in [5, 5.41) is 33.1. The molecule has 17 heteroatoms. The van der Waals surface area contributed by atoms with E-state index < -0.39 is 49.4 Å². The maximum atomic E-state index is 13.9. The van der Waals surface area contributed by atoms with E-state index in [9.17, 15) is 19.9 Å². The molecule has 0 aliphatic rings. The summed E-state index contributed by atoms with van der Waals surface area (Å²) in [5.41, 5.74) is -3.55. The molecule has 0 bridgehead atoms. The first-order chi connectivity index (χ1) is 13.7. The van der Waals surface area contributed by atoms with Gasteiger partial charge in [-0.15, -0.1) is 0 Å². The van der Waals surface area contributed by atoms with Gasteiger partial charge in [0, 0.05) is 0 Å². The number of alkyl halides is 9. The summed E-state index contributed by atoms with van der Waals surface area (Å²) in [6.07, 6.45) is 0. The van der Waals surface area contributed by atoms with Gasteiger partial charge in [-0.2, -0.15) is 0 Å². The lowest BCUT2D eigenvalue weighted by Gasteiger charge is -2.46. The molecule has 0 aliphatic carbocycles. The van der Waals surface area contributed by atoms with Crippen LogP contribution < -0.4 is 0 Å². The third-order valence-electron chi connectivity index (χ3n) is 4.72. The zero-order valence-electron chi connectivity index (χ0n) is 17.6.